The van der Waals surface area contributed by atoms with E-state index in [9.17, 15) is 10.2 Å². The third-order valence-corrected chi connectivity index (χ3v) is 3.01. The van der Waals surface area contributed by atoms with Gasteiger partial charge in [-0.3, -0.25) is 0 Å². The van der Waals surface area contributed by atoms with Crippen molar-refractivity contribution in [3.8, 4) is 11.5 Å². The predicted octanol–water partition coefficient (Wildman–Crippen LogP) is 3.09. The van der Waals surface area contributed by atoms with Crippen molar-refractivity contribution >= 4 is 22.4 Å². The molecule has 0 spiro atoms. The Hall–Kier alpha value is -2.82. The summed E-state index contributed by atoms with van der Waals surface area (Å²) >= 11 is 0. The molecule has 0 fully saturated rings. The maximum atomic E-state index is 9.62. The average Bonchev–Trinajstić information content (AvgIpc) is 2.41. The maximum absolute atomic E-state index is 9.62. The van der Waals surface area contributed by atoms with Crippen LogP contribution < -0.4 is 5.32 Å². The Morgan fingerprint density at radius 2 is 1.80 bits per heavy atom. The van der Waals surface area contributed by atoms with Crippen molar-refractivity contribution in [1.82, 2.24) is 9.97 Å². The third-order valence-electron chi connectivity index (χ3n) is 3.01. The van der Waals surface area contributed by atoms with Crippen LogP contribution in [0.5, 0.6) is 11.5 Å². The highest BCUT2D eigenvalue weighted by Crippen LogP contribution is 2.32. The highest BCUT2D eigenvalue weighted by atomic mass is 16.3. The van der Waals surface area contributed by atoms with Crippen molar-refractivity contribution < 1.29 is 10.2 Å². The summed E-state index contributed by atoms with van der Waals surface area (Å²) < 4.78 is 0. The molecule has 0 atom stereocenters. The Morgan fingerprint density at radius 3 is 2.60 bits per heavy atom. The average molecular weight is 267 g/mol. The standard InChI is InChI=1S/C15H13N3O2/c1-9-3-2-4-10(5-9)18-15-11-6-13(19)14(20)7-12(11)16-8-17-15/h2-8,19-20H,1H3,(H,16,17,18). The molecule has 0 aliphatic heterocycles. The van der Waals surface area contributed by atoms with E-state index in [-0.39, 0.29) is 11.5 Å². The number of anilines is 2. The molecule has 0 unspecified atom stereocenters. The number of benzene rings is 2. The zero-order valence-corrected chi connectivity index (χ0v) is 10.8. The molecule has 5 nitrogen and oxygen atoms in total. The molecular weight excluding hydrogens is 254 g/mol. The summed E-state index contributed by atoms with van der Waals surface area (Å²) in [5.74, 6) is 0.188. The summed E-state index contributed by atoms with van der Waals surface area (Å²) in [6, 6.07) is 10.7. The van der Waals surface area contributed by atoms with E-state index < -0.39 is 0 Å². The number of nitrogens with one attached hydrogen (secondary N) is 1. The van der Waals surface area contributed by atoms with Gasteiger partial charge >= 0.3 is 0 Å². The first-order chi connectivity index (χ1) is 9.63. The van der Waals surface area contributed by atoms with Gasteiger partial charge in [0.1, 0.15) is 12.1 Å². The van der Waals surface area contributed by atoms with Gasteiger partial charge < -0.3 is 15.5 Å². The minimum atomic E-state index is -0.197. The molecular formula is C15H13N3O2. The van der Waals surface area contributed by atoms with Crippen LogP contribution in [-0.2, 0) is 0 Å². The van der Waals surface area contributed by atoms with Gasteiger partial charge in [0, 0.05) is 17.1 Å². The zero-order chi connectivity index (χ0) is 14.1. The van der Waals surface area contributed by atoms with Crippen LogP contribution >= 0.6 is 0 Å². The van der Waals surface area contributed by atoms with E-state index in [0.717, 1.165) is 11.3 Å². The van der Waals surface area contributed by atoms with E-state index in [4.69, 9.17) is 0 Å². The van der Waals surface area contributed by atoms with Gasteiger partial charge in [0.25, 0.3) is 0 Å². The van der Waals surface area contributed by atoms with Crippen LogP contribution in [0.2, 0.25) is 0 Å². The lowest BCUT2D eigenvalue weighted by Gasteiger charge is -2.09. The van der Waals surface area contributed by atoms with E-state index in [2.05, 4.69) is 15.3 Å². The SMILES string of the molecule is Cc1cccc(Nc2ncnc3cc(O)c(O)cc23)c1. The summed E-state index contributed by atoms with van der Waals surface area (Å²) in [5, 5.41) is 23.0. The number of rotatable bonds is 2. The van der Waals surface area contributed by atoms with Gasteiger partial charge in [-0.15, -0.1) is 0 Å². The normalized spacial score (nSPS) is 10.7. The largest absolute Gasteiger partial charge is 0.504 e. The molecule has 1 heterocycles. The molecule has 0 bridgehead atoms. The van der Waals surface area contributed by atoms with E-state index in [1.165, 1.54) is 18.5 Å². The predicted molar refractivity (Wildman–Crippen MR) is 77.3 cm³/mol. The first kappa shape index (κ1) is 12.2. The van der Waals surface area contributed by atoms with Crippen molar-refractivity contribution in [2.24, 2.45) is 0 Å². The summed E-state index contributed by atoms with van der Waals surface area (Å²) in [6.45, 7) is 2.01. The number of nitrogens with zero attached hydrogens (tertiary/aromatic N) is 2. The minimum Gasteiger partial charge on any atom is -0.504 e. The highest BCUT2D eigenvalue weighted by Gasteiger charge is 2.08. The number of aromatic hydroxyl groups is 2. The van der Waals surface area contributed by atoms with Gasteiger partial charge in [-0.2, -0.15) is 0 Å². The summed E-state index contributed by atoms with van der Waals surface area (Å²) in [6.07, 6.45) is 1.41. The number of phenols is 2. The van der Waals surface area contributed by atoms with E-state index in [1.807, 2.05) is 31.2 Å². The molecule has 0 amide bonds. The lowest BCUT2D eigenvalue weighted by molar-refractivity contribution is 0.405. The second kappa shape index (κ2) is 4.70. The third kappa shape index (κ3) is 2.21. The fourth-order valence-corrected chi connectivity index (χ4v) is 2.04. The molecule has 0 saturated carbocycles. The van der Waals surface area contributed by atoms with Gasteiger partial charge in [-0.25, -0.2) is 9.97 Å². The molecule has 100 valence electrons. The van der Waals surface area contributed by atoms with E-state index >= 15 is 0 Å². The van der Waals surface area contributed by atoms with Crippen LogP contribution in [0.25, 0.3) is 10.9 Å². The maximum Gasteiger partial charge on any atom is 0.159 e. The molecule has 5 heteroatoms. The minimum absolute atomic E-state index is 0.195. The highest BCUT2D eigenvalue weighted by molar-refractivity contribution is 5.92. The Balaban J connectivity index is 2.09. The lowest BCUT2D eigenvalue weighted by atomic mass is 10.2. The van der Waals surface area contributed by atoms with Crippen molar-refractivity contribution in [3.05, 3.63) is 48.3 Å². The summed E-state index contributed by atoms with van der Waals surface area (Å²) in [4.78, 5) is 8.27. The number of aromatic nitrogens is 2. The first-order valence-electron chi connectivity index (χ1n) is 6.14. The van der Waals surface area contributed by atoms with Crippen molar-refractivity contribution in [3.63, 3.8) is 0 Å². The second-order valence-electron chi connectivity index (χ2n) is 4.57. The van der Waals surface area contributed by atoms with Crippen LogP contribution in [-0.4, -0.2) is 20.2 Å². The van der Waals surface area contributed by atoms with E-state index in [0.29, 0.717) is 16.7 Å². The molecule has 3 rings (SSSR count). The van der Waals surface area contributed by atoms with Crippen molar-refractivity contribution in [2.45, 2.75) is 6.92 Å². The molecule has 0 radical (unpaired) electrons. The Morgan fingerprint density at radius 1 is 1.00 bits per heavy atom. The fourth-order valence-electron chi connectivity index (χ4n) is 2.04. The van der Waals surface area contributed by atoms with Crippen LogP contribution in [0.1, 0.15) is 5.56 Å². The molecule has 0 aliphatic carbocycles. The zero-order valence-electron chi connectivity index (χ0n) is 10.8. The quantitative estimate of drug-likeness (QED) is 0.622. The first-order valence-corrected chi connectivity index (χ1v) is 6.14. The Kier molecular flexibility index (Phi) is 2.87. The lowest BCUT2D eigenvalue weighted by Crippen LogP contribution is -1.96. The van der Waals surface area contributed by atoms with Crippen LogP contribution in [0.15, 0.2) is 42.7 Å². The summed E-state index contributed by atoms with van der Waals surface area (Å²) in [5.41, 5.74) is 2.59. The van der Waals surface area contributed by atoms with Gasteiger partial charge in [-0.05, 0) is 30.7 Å². The number of phenolic OH excluding ortho intramolecular Hbond substituents is 2. The molecule has 0 aliphatic rings. The Bertz CT molecular complexity index is 787. The van der Waals surface area contributed by atoms with Crippen LogP contribution in [0.4, 0.5) is 11.5 Å². The second-order valence-corrected chi connectivity index (χ2v) is 4.57. The van der Waals surface area contributed by atoms with Crippen molar-refractivity contribution in [2.75, 3.05) is 5.32 Å². The number of aryl methyl sites for hydroxylation is 1. The summed E-state index contributed by atoms with van der Waals surface area (Å²) in [7, 11) is 0. The number of fused-ring (bicyclic) bond motifs is 1. The molecule has 2 aromatic carbocycles. The van der Waals surface area contributed by atoms with E-state index in [1.54, 1.807) is 0 Å². The topological polar surface area (TPSA) is 78.3 Å². The van der Waals surface area contributed by atoms with Crippen LogP contribution in [0.3, 0.4) is 0 Å². The molecule has 3 aromatic rings. The molecule has 1 aromatic heterocycles. The smallest absolute Gasteiger partial charge is 0.159 e. The van der Waals surface area contributed by atoms with Gasteiger partial charge in [0.05, 0.1) is 5.52 Å². The molecule has 20 heavy (non-hydrogen) atoms. The fraction of sp³-hybridized carbons (Fsp3) is 0.0667. The van der Waals surface area contributed by atoms with Crippen molar-refractivity contribution in [1.29, 1.82) is 0 Å². The van der Waals surface area contributed by atoms with Gasteiger partial charge in [0.2, 0.25) is 0 Å². The van der Waals surface area contributed by atoms with Crippen LogP contribution in [0, 0.1) is 6.92 Å². The number of hydrogen-bond donors (Lipinski definition) is 3. The number of hydrogen-bond acceptors (Lipinski definition) is 5. The van der Waals surface area contributed by atoms with Gasteiger partial charge in [0.15, 0.2) is 11.5 Å². The monoisotopic (exact) mass is 267 g/mol. The molecule has 3 N–H and O–H groups in total. The molecule has 0 saturated heterocycles. The Labute approximate surface area is 115 Å². The van der Waals surface area contributed by atoms with Gasteiger partial charge in [-0.1, -0.05) is 12.1 Å².